The number of thiazole rings is 1. The largest absolute Gasteiger partial charge is 0.342 e. The first kappa shape index (κ1) is 18.3. The highest BCUT2D eigenvalue weighted by Gasteiger charge is 2.20. The number of hydrogen-bond donors (Lipinski definition) is 1. The molecular formula is C21H19N3O3S. The van der Waals surface area contributed by atoms with Gasteiger partial charge in [0.05, 0.1) is 10.2 Å². The van der Waals surface area contributed by atoms with Crippen molar-refractivity contribution in [2.24, 2.45) is 0 Å². The Hall–Kier alpha value is -3.06. The van der Waals surface area contributed by atoms with Crippen molar-refractivity contribution in [1.82, 2.24) is 9.88 Å². The molecule has 0 spiro atoms. The maximum Gasteiger partial charge on any atom is 0.226 e. The van der Waals surface area contributed by atoms with Crippen LogP contribution in [-0.2, 0) is 9.59 Å². The first-order chi connectivity index (χ1) is 13.6. The molecule has 2 aromatic carbocycles. The minimum Gasteiger partial charge on any atom is -0.342 e. The standard InChI is InChI=1S/C21H19N3O3S/c25-18(11-13-24-12-3-6-19(24)26)22-15-9-7-14(8-10-15)20(27)21-23-16-4-1-2-5-17(16)28-21/h1-2,4-5,7-10H,3,6,11-13H2,(H,22,25). The minimum absolute atomic E-state index is 0.116. The third-order valence-corrected chi connectivity index (χ3v) is 5.73. The van der Waals surface area contributed by atoms with E-state index in [-0.39, 0.29) is 24.0 Å². The van der Waals surface area contributed by atoms with Crippen LogP contribution in [0.4, 0.5) is 5.69 Å². The summed E-state index contributed by atoms with van der Waals surface area (Å²) < 4.78 is 0.978. The summed E-state index contributed by atoms with van der Waals surface area (Å²) in [5.41, 5.74) is 1.97. The van der Waals surface area contributed by atoms with Crippen molar-refractivity contribution >= 4 is 44.8 Å². The average molecular weight is 393 g/mol. The minimum atomic E-state index is -0.148. The lowest BCUT2D eigenvalue weighted by Gasteiger charge is -2.14. The van der Waals surface area contributed by atoms with Gasteiger partial charge in [-0.25, -0.2) is 4.98 Å². The van der Waals surface area contributed by atoms with Crippen LogP contribution >= 0.6 is 11.3 Å². The molecule has 1 aliphatic rings. The van der Waals surface area contributed by atoms with Gasteiger partial charge in [0.25, 0.3) is 0 Å². The van der Waals surface area contributed by atoms with Gasteiger partial charge in [0.1, 0.15) is 0 Å². The lowest BCUT2D eigenvalue weighted by Crippen LogP contribution is -2.28. The van der Waals surface area contributed by atoms with Gasteiger partial charge in [-0.05, 0) is 42.8 Å². The topological polar surface area (TPSA) is 79.4 Å². The number of amides is 2. The Morgan fingerprint density at radius 1 is 1.11 bits per heavy atom. The number of para-hydroxylation sites is 1. The van der Waals surface area contributed by atoms with Crippen LogP contribution in [0.3, 0.4) is 0 Å². The third-order valence-electron chi connectivity index (χ3n) is 4.70. The van der Waals surface area contributed by atoms with E-state index in [1.54, 1.807) is 29.2 Å². The second-order valence-corrected chi connectivity index (χ2v) is 7.71. The third kappa shape index (κ3) is 3.94. The molecule has 0 unspecified atom stereocenters. The van der Waals surface area contributed by atoms with E-state index in [1.165, 1.54) is 11.3 Å². The molecule has 0 atom stereocenters. The summed E-state index contributed by atoms with van der Waals surface area (Å²) in [4.78, 5) is 42.4. The molecule has 2 heterocycles. The van der Waals surface area contributed by atoms with E-state index < -0.39 is 0 Å². The highest BCUT2D eigenvalue weighted by molar-refractivity contribution is 7.20. The SMILES string of the molecule is O=C(CCN1CCCC1=O)Nc1ccc(C(=O)c2nc3ccccc3s2)cc1. The number of likely N-dealkylation sites (tertiary alicyclic amines) is 1. The quantitative estimate of drug-likeness (QED) is 0.650. The molecular weight excluding hydrogens is 374 g/mol. The molecule has 0 bridgehead atoms. The van der Waals surface area contributed by atoms with E-state index in [2.05, 4.69) is 10.3 Å². The van der Waals surface area contributed by atoms with Crippen LogP contribution in [0.1, 0.15) is 34.6 Å². The number of nitrogens with one attached hydrogen (secondary N) is 1. The van der Waals surface area contributed by atoms with Crippen LogP contribution in [0.5, 0.6) is 0 Å². The Morgan fingerprint density at radius 3 is 2.61 bits per heavy atom. The summed E-state index contributed by atoms with van der Waals surface area (Å²) in [6, 6.07) is 14.4. The van der Waals surface area contributed by atoms with Crippen LogP contribution in [0.15, 0.2) is 48.5 Å². The highest BCUT2D eigenvalue weighted by atomic mass is 32.1. The predicted octanol–water partition coefficient (Wildman–Crippen LogP) is 3.48. The molecule has 1 fully saturated rings. The summed E-state index contributed by atoms with van der Waals surface area (Å²) >= 11 is 1.37. The van der Waals surface area contributed by atoms with Gasteiger partial charge in [-0.15, -0.1) is 11.3 Å². The molecule has 6 nitrogen and oxygen atoms in total. The van der Waals surface area contributed by atoms with Crippen molar-refractivity contribution < 1.29 is 14.4 Å². The van der Waals surface area contributed by atoms with Crippen molar-refractivity contribution in [2.45, 2.75) is 19.3 Å². The van der Waals surface area contributed by atoms with Crippen molar-refractivity contribution in [3.05, 3.63) is 59.1 Å². The van der Waals surface area contributed by atoms with Gasteiger partial charge >= 0.3 is 0 Å². The monoisotopic (exact) mass is 393 g/mol. The van der Waals surface area contributed by atoms with Crippen LogP contribution < -0.4 is 5.32 Å². The number of carbonyl (C=O) groups excluding carboxylic acids is 3. The second kappa shape index (κ2) is 7.90. The molecule has 0 saturated carbocycles. The average Bonchev–Trinajstić information content (AvgIpc) is 3.32. The van der Waals surface area contributed by atoms with E-state index in [0.717, 1.165) is 23.2 Å². The molecule has 1 saturated heterocycles. The normalized spacial score (nSPS) is 13.9. The number of rotatable bonds is 6. The van der Waals surface area contributed by atoms with E-state index in [4.69, 9.17) is 0 Å². The maximum atomic E-state index is 12.7. The van der Waals surface area contributed by atoms with Crippen LogP contribution in [0.2, 0.25) is 0 Å². The smallest absolute Gasteiger partial charge is 0.226 e. The Morgan fingerprint density at radius 2 is 1.89 bits per heavy atom. The van der Waals surface area contributed by atoms with Gasteiger partial charge in [0.15, 0.2) is 5.01 Å². The number of hydrogen-bond acceptors (Lipinski definition) is 5. The number of fused-ring (bicyclic) bond motifs is 1. The Balaban J connectivity index is 1.37. The van der Waals surface area contributed by atoms with Gasteiger partial charge in [-0.3, -0.25) is 14.4 Å². The Kier molecular flexibility index (Phi) is 5.16. The maximum absolute atomic E-state index is 12.7. The zero-order chi connectivity index (χ0) is 19.5. The molecule has 0 radical (unpaired) electrons. The molecule has 1 aromatic heterocycles. The van der Waals surface area contributed by atoms with Gasteiger partial charge in [0.2, 0.25) is 17.6 Å². The van der Waals surface area contributed by atoms with E-state index >= 15 is 0 Å². The first-order valence-electron chi connectivity index (χ1n) is 9.18. The Labute approximate surface area is 166 Å². The van der Waals surface area contributed by atoms with Crippen molar-refractivity contribution in [3.63, 3.8) is 0 Å². The second-order valence-electron chi connectivity index (χ2n) is 6.68. The number of benzene rings is 2. The molecule has 28 heavy (non-hydrogen) atoms. The fourth-order valence-corrected chi connectivity index (χ4v) is 4.13. The number of ketones is 1. The molecule has 2 amide bonds. The molecule has 7 heteroatoms. The lowest BCUT2D eigenvalue weighted by atomic mass is 10.1. The Bertz CT molecular complexity index is 1010. The summed E-state index contributed by atoms with van der Waals surface area (Å²) in [5, 5.41) is 3.26. The summed E-state index contributed by atoms with van der Waals surface area (Å²) in [7, 11) is 0. The number of nitrogens with zero attached hydrogens (tertiary/aromatic N) is 2. The van der Waals surface area contributed by atoms with Crippen LogP contribution in [0, 0.1) is 0 Å². The van der Waals surface area contributed by atoms with E-state index in [1.807, 2.05) is 24.3 Å². The summed E-state index contributed by atoms with van der Waals surface area (Å²) in [5.74, 6) is -0.165. The van der Waals surface area contributed by atoms with Gasteiger partial charge in [0, 0.05) is 37.2 Å². The predicted molar refractivity (Wildman–Crippen MR) is 109 cm³/mol. The van der Waals surface area contributed by atoms with Crippen LogP contribution in [-0.4, -0.2) is 40.6 Å². The van der Waals surface area contributed by atoms with E-state index in [0.29, 0.717) is 29.2 Å². The van der Waals surface area contributed by atoms with Crippen LogP contribution in [0.25, 0.3) is 10.2 Å². The molecule has 3 aromatic rings. The number of anilines is 1. The van der Waals surface area contributed by atoms with Crippen molar-refractivity contribution in [1.29, 1.82) is 0 Å². The fourth-order valence-electron chi connectivity index (χ4n) is 3.20. The van der Waals surface area contributed by atoms with Gasteiger partial charge in [-0.1, -0.05) is 12.1 Å². The zero-order valence-corrected chi connectivity index (χ0v) is 16.0. The van der Waals surface area contributed by atoms with Gasteiger partial charge in [-0.2, -0.15) is 0 Å². The van der Waals surface area contributed by atoms with Crippen molar-refractivity contribution in [2.75, 3.05) is 18.4 Å². The lowest BCUT2D eigenvalue weighted by molar-refractivity contribution is -0.128. The molecule has 1 N–H and O–H groups in total. The fraction of sp³-hybridized carbons (Fsp3) is 0.238. The molecule has 1 aliphatic heterocycles. The summed E-state index contributed by atoms with van der Waals surface area (Å²) in [6.45, 7) is 1.17. The van der Waals surface area contributed by atoms with Gasteiger partial charge < -0.3 is 10.2 Å². The number of carbonyl (C=O) groups is 3. The first-order valence-corrected chi connectivity index (χ1v) is 10.00. The molecule has 142 valence electrons. The number of aromatic nitrogens is 1. The highest BCUT2D eigenvalue weighted by Crippen LogP contribution is 2.24. The zero-order valence-electron chi connectivity index (χ0n) is 15.2. The summed E-state index contributed by atoms with van der Waals surface area (Å²) in [6.07, 6.45) is 1.70. The molecule has 4 rings (SSSR count). The molecule has 0 aliphatic carbocycles. The van der Waals surface area contributed by atoms with Crippen molar-refractivity contribution in [3.8, 4) is 0 Å². The van der Waals surface area contributed by atoms with E-state index in [9.17, 15) is 14.4 Å².